The fourth-order valence-corrected chi connectivity index (χ4v) is 2.64. The molecule has 0 radical (unpaired) electrons. The molecule has 2 rings (SSSR count). The third-order valence-electron chi connectivity index (χ3n) is 3.19. The summed E-state index contributed by atoms with van der Waals surface area (Å²) >= 11 is 3.45. The lowest BCUT2D eigenvalue weighted by atomic mass is 10.2. The quantitative estimate of drug-likeness (QED) is 0.840. The standard InChI is InChI=1S/C17H19BrN2O2/c1-11-4-6-14(13(18)8-11)20-17(21)10-19-15-9-12(2)5-7-16(15)22-3/h4-9,19H,10H2,1-3H3,(H,20,21). The van der Waals surface area contributed by atoms with Crippen LogP contribution in [0.5, 0.6) is 5.75 Å². The van der Waals surface area contributed by atoms with Gasteiger partial charge in [0.05, 0.1) is 25.0 Å². The Morgan fingerprint density at radius 2 is 1.77 bits per heavy atom. The molecule has 0 aromatic heterocycles. The maximum absolute atomic E-state index is 12.1. The summed E-state index contributed by atoms with van der Waals surface area (Å²) in [6, 6.07) is 11.6. The van der Waals surface area contributed by atoms with E-state index in [0.29, 0.717) is 0 Å². The van der Waals surface area contributed by atoms with Crippen LogP contribution in [0.3, 0.4) is 0 Å². The zero-order chi connectivity index (χ0) is 16.1. The molecule has 0 bridgehead atoms. The van der Waals surface area contributed by atoms with Gasteiger partial charge in [0.15, 0.2) is 0 Å². The highest BCUT2D eigenvalue weighted by Gasteiger charge is 2.08. The van der Waals surface area contributed by atoms with E-state index in [1.54, 1.807) is 7.11 Å². The van der Waals surface area contributed by atoms with Gasteiger partial charge in [0, 0.05) is 4.47 Å². The van der Waals surface area contributed by atoms with Gasteiger partial charge in [-0.2, -0.15) is 0 Å². The summed E-state index contributed by atoms with van der Waals surface area (Å²) in [5.41, 5.74) is 3.80. The minimum Gasteiger partial charge on any atom is -0.495 e. The molecule has 0 saturated carbocycles. The number of benzene rings is 2. The third-order valence-corrected chi connectivity index (χ3v) is 3.85. The van der Waals surface area contributed by atoms with E-state index in [1.807, 2.05) is 50.2 Å². The van der Waals surface area contributed by atoms with Gasteiger partial charge < -0.3 is 15.4 Å². The van der Waals surface area contributed by atoms with Crippen LogP contribution in [0, 0.1) is 13.8 Å². The molecule has 0 unspecified atom stereocenters. The molecule has 2 aromatic carbocycles. The van der Waals surface area contributed by atoms with Crippen molar-refractivity contribution in [2.75, 3.05) is 24.3 Å². The molecule has 2 N–H and O–H groups in total. The number of hydrogen-bond donors (Lipinski definition) is 2. The summed E-state index contributed by atoms with van der Waals surface area (Å²) in [6.07, 6.45) is 0. The fourth-order valence-electron chi connectivity index (χ4n) is 2.05. The Kier molecular flexibility index (Phi) is 5.44. The van der Waals surface area contributed by atoms with Gasteiger partial charge in [-0.25, -0.2) is 0 Å². The lowest BCUT2D eigenvalue weighted by Gasteiger charge is -2.13. The van der Waals surface area contributed by atoms with Crippen molar-refractivity contribution in [1.82, 2.24) is 0 Å². The summed E-state index contributed by atoms with van der Waals surface area (Å²) < 4.78 is 6.15. The van der Waals surface area contributed by atoms with E-state index >= 15 is 0 Å². The van der Waals surface area contributed by atoms with Gasteiger partial charge in [0.1, 0.15) is 5.75 Å². The molecule has 0 fully saturated rings. The molecule has 0 aliphatic heterocycles. The van der Waals surface area contributed by atoms with Crippen LogP contribution in [0.4, 0.5) is 11.4 Å². The molecule has 5 heteroatoms. The topological polar surface area (TPSA) is 50.4 Å². The predicted octanol–water partition coefficient (Wildman–Crippen LogP) is 4.13. The van der Waals surface area contributed by atoms with Crippen LogP contribution in [0.1, 0.15) is 11.1 Å². The van der Waals surface area contributed by atoms with E-state index in [0.717, 1.165) is 32.7 Å². The molecule has 2 aromatic rings. The highest BCUT2D eigenvalue weighted by atomic mass is 79.9. The number of aryl methyl sites for hydroxylation is 2. The van der Waals surface area contributed by atoms with E-state index in [4.69, 9.17) is 4.74 Å². The first-order valence-corrected chi connectivity index (χ1v) is 7.73. The van der Waals surface area contributed by atoms with Gasteiger partial charge >= 0.3 is 0 Å². The average molecular weight is 363 g/mol. The molecular formula is C17H19BrN2O2. The van der Waals surface area contributed by atoms with E-state index in [-0.39, 0.29) is 12.5 Å². The van der Waals surface area contributed by atoms with Crippen LogP contribution in [-0.2, 0) is 4.79 Å². The summed E-state index contributed by atoms with van der Waals surface area (Å²) in [7, 11) is 1.61. The van der Waals surface area contributed by atoms with Gasteiger partial charge in [0.25, 0.3) is 0 Å². The number of ether oxygens (including phenoxy) is 1. The second-order valence-corrected chi connectivity index (χ2v) is 5.94. The summed E-state index contributed by atoms with van der Waals surface area (Å²) in [6.45, 7) is 4.16. The number of anilines is 2. The zero-order valence-corrected chi connectivity index (χ0v) is 14.5. The van der Waals surface area contributed by atoms with Crippen LogP contribution in [0.2, 0.25) is 0 Å². The Balaban J connectivity index is 2.00. The third kappa shape index (κ3) is 4.24. The van der Waals surface area contributed by atoms with Gasteiger partial charge in [0.2, 0.25) is 5.91 Å². The van der Waals surface area contributed by atoms with Crippen molar-refractivity contribution in [3.8, 4) is 5.75 Å². The van der Waals surface area contributed by atoms with Gasteiger partial charge in [-0.05, 0) is 65.2 Å². The smallest absolute Gasteiger partial charge is 0.243 e. The van der Waals surface area contributed by atoms with E-state index in [1.165, 1.54) is 0 Å². The molecule has 22 heavy (non-hydrogen) atoms. The Morgan fingerprint density at radius 3 is 2.45 bits per heavy atom. The largest absolute Gasteiger partial charge is 0.495 e. The molecule has 0 saturated heterocycles. The Bertz CT molecular complexity index is 686. The first kappa shape index (κ1) is 16.4. The molecule has 0 aliphatic carbocycles. The maximum atomic E-state index is 12.1. The number of rotatable bonds is 5. The molecule has 0 spiro atoms. The van der Waals surface area contributed by atoms with Crippen LogP contribution in [-0.4, -0.2) is 19.6 Å². The molecule has 116 valence electrons. The van der Waals surface area contributed by atoms with Crippen molar-refractivity contribution in [1.29, 1.82) is 0 Å². The van der Waals surface area contributed by atoms with Crippen molar-refractivity contribution in [3.63, 3.8) is 0 Å². The first-order valence-electron chi connectivity index (χ1n) is 6.94. The number of carbonyl (C=O) groups excluding carboxylic acids is 1. The van der Waals surface area contributed by atoms with Crippen LogP contribution in [0.15, 0.2) is 40.9 Å². The van der Waals surface area contributed by atoms with Crippen molar-refractivity contribution >= 4 is 33.2 Å². The lowest BCUT2D eigenvalue weighted by molar-refractivity contribution is -0.114. The first-order chi connectivity index (χ1) is 10.5. The number of carbonyl (C=O) groups is 1. The second kappa shape index (κ2) is 7.31. The minimum atomic E-state index is -0.117. The monoisotopic (exact) mass is 362 g/mol. The maximum Gasteiger partial charge on any atom is 0.243 e. The molecule has 0 heterocycles. The lowest BCUT2D eigenvalue weighted by Crippen LogP contribution is -2.22. The minimum absolute atomic E-state index is 0.117. The average Bonchev–Trinajstić information content (AvgIpc) is 2.48. The molecule has 4 nitrogen and oxygen atoms in total. The van der Waals surface area contributed by atoms with E-state index < -0.39 is 0 Å². The van der Waals surface area contributed by atoms with E-state index in [9.17, 15) is 4.79 Å². The van der Waals surface area contributed by atoms with Crippen LogP contribution >= 0.6 is 15.9 Å². The highest BCUT2D eigenvalue weighted by Crippen LogP contribution is 2.25. The fraction of sp³-hybridized carbons (Fsp3) is 0.235. The summed E-state index contributed by atoms with van der Waals surface area (Å²) in [4.78, 5) is 12.1. The number of amides is 1. The predicted molar refractivity (Wildman–Crippen MR) is 93.7 cm³/mol. The Hall–Kier alpha value is -2.01. The van der Waals surface area contributed by atoms with Crippen molar-refractivity contribution in [2.45, 2.75) is 13.8 Å². The molecular weight excluding hydrogens is 344 g/mol. The van der Waals surface area contributed by atoms with E-state index in [2.05, 4.69) is 26.6 Å². The molecule has 0 atom stereocenters. The summed E-state index contributed by atoms with van der Waals surface area (Å²) in [5.74, 6) is 0.600. The van der Waals surface area contributed by atoms with Gasteiger partial charge in [-0.15, -0.1) is 0 Å². The second-order valence-electron chi connectivity index (χ2n) is 5.09. The van der Waals surface area contributed by atoms with Gasteiger partial charge in [-0.3, -0.25) is 4.79 Å². The number of halogens is 1. The molecule has 1 amide bonds. The number of nitrogens with one attached hydrogen (secondary N) is 2. The number of hydrogen-bond acceptors (Lipinski definition) is 3. The van der Waals surface area contributed by atoms with Crippen molar-refractivity contribution in [2.24, 2.45) is 0 Å². The normalized spacial score (nSPS) is 10.2. The summed E-state index contributed by atoms with van der Waals surface area (Å²) in [5, 5.41) is 5.97. The Morgan fingerprint density at radius 1 is 1.09 bits per heavy atom. The zero-order valence-electron chi connectivity index (χ0n) is 12.9. The highest BCUT2D eigenvalue weighted by molar-refractivity contribution is 9.10. The number of methoxy groups -OCH3 is 1. The van der Waals surface area contributed by atoms with Crippen molar-refractivity contribution < 1.29 is 9.53 Å². The Labute approximate surface area is 139 Å². The van der Waals surface area contributed by atoms with Crippen molar-refractivity contribution in [3.05, 3.63) is 52.0 Å². The van der Waals surface area contributed by atoms with Crippen LogP contribution in [0.25, 0.3) is 0 Å². The SMILES string of the molecule is COc1ccc(C)cc1NCC(=O)Nc1ccc(C)cc1Br. The molecule has 0 aliphatic rings. The van der Waals surface area contributed by atoms with Gasteiger partial charge in [-0.1, -0.05) is 12.1 Å². The van der Waals surface area contributed by atoms with Crippen LogP contribution < -0.4 is 15.4 Å².